The zero-order chi connectivity index (χ0) is 15.0. The molecule has 1 aliphatic heterocycles. The zero-order valence-electron chi connectivity index (χ0n) is 12.6. The largest absolute Gasteiger partial charge is 0.331 e. The lowest BCUT2D eigenvalue weighted by Crippen LogP contribution is -2.50. The second-order valence-corrected chi connectivity index (χ2v) is 6.80. The van der Waals surface area contributed by atoms with Gasteiger partial charge < -0.3 is 4.90 Å². The molecular weight excluding hydrogens is 274 g/mol. The van der Waals surface area contributed by atoms with E-state index in [1.165, 1.54) is 0 Å². The smallest absolute Gasteiger partial charge is 0.295 e. The van der Waals surface area contributed by atoms with Gasteiger partial charge in [0, 0.05) is 36.3 Å². The predicted molar refractivity (Wildman–Crippen MR) is 80.1 cm³/mol. The van der Waals surface area contributed by atoms with Gasteiger partial charge >= 0.3 is 0 Å². The van der Waals surface area contributed by atoms with Crippen molar-refractivity contribution in [2.75, 3.05) is 12.3 Å². The molecule has 0 N–H and O–H groups in total. The van der Waals surface area contributed by atoms with Gasteiger partial charge in [0.15, 0.2) is 0 Å². The molecule has 1 saturated heterocycles. The Morgan fingerprint density at radius 3 is 2.50 bits per heavy atom. The molecule has 0 radical (unpaired) electrons. The lowest BCUT2D eigenvalue weighted by molar-refractivity contribution is -0.128. The van der Waals surface area contributed by atoms with Crippen LogP contribution in [0.5, 0.6) is 0 Å². The molecule has 1 aromatic rings. The van der Waals surface area contributed by atoms with Gasteiger partial charge in [0.1, 0.15) is 0 Å². The fourth-order valence-corrected chi connectivity index (χ4v) is 3.66. The van der Waals surface area contributed by atoms with Crippen LogP contribution in [0.3, 0.4) is 0 Å². The maximum absolute atomic E-state index is 12.5. The Kier molecular flexibility index (Phi) is 4.22. The molecule has 2 atom stereocenters. The first-order valence-electron chi connectivity index (χ1n) is 6.81. The molecule has 2 rings (SSSR count). The van der Waals surface area contributed by atoms with E-state index < -0.39 is 11.7 Å². The van der Waals surface area contributed by atoms with Crippen molar-refractivity contribution in [3.8, 4) is 0 Å². The van der Waals surface area contributed by atoms with Gasteiger partial charge in [-0.05, 0) is 20.8 Å². The van der Waals surface area contributed by atoms with E-state index in [1.807, 2.05) is 25.6 Å². The summed E-state index contributed by atoms with van der Waals surface area (Å²) in [6.07, 6.45) is 0. The molecule has 6 heteroatoms. The topological polar surface area (TPSA) is 55.2 Å². The number of nitrogens with zero attached hydrogens (tertiary/aromatic N) is 3. The first kappa shape index (κ1) is 15.1. The number of carbonyl (C=O) groups is 2. The Labute approximate surface area is 123 Å². The lowest BCUT2D eigenvalue weighted by atomic mass is 10.1. The van der Waals surface area contributed by atoms with Crippen molar-refractivity contribution in [2.24, 2.45) is 7.05 Å². The molecule has 2 heterocycles. The van der Waals surface area contributed by atoms with Crippen LogP contribution in [0, 0.1) is 13.8 Å². The summed E-state index contributed by atoms with van der Waals surface area (Å²) in [6.45, 7) is 8.33. The number of Topliss-reactive ketones (excluding diaryl/α,β-unsaturated/α-hetero) is 1. The van der Waals surface area contributed by atoms with Crippen LogP contribution < -0.4 is 0 Å². The van der Waals surface area contributed by atoms with Gasteiger partial charge in [-0.15, -0.1) is 0 Å². The third-order valence-corrected chi connectivity index (χ3v) is 5.41. The molecular formula is C14H21N3O2S. The van der Waals surface area contributed by atoms with E-state index in [4.69, 9.17) is 0 Å². The zero-order valence-corrected chi connectivity index (χ0v) is 13.5. The summed E-state index contributed by atoms with van der Waals surface area (Å²) >= 11 is 1.84. The van der Waals surface area contributed by atoms with E-state index >= 15 is 0 Å². The molecule has 0 saturated carbocycles. The van der Waals surface area contributed by atoms with Gasteiger partial charge in [-0.25, -0.2) is 0 Å². The number of hydrogen-bond donors (Lipinski definition) is 0. The summed E-state index contributed by atoms with van der Waals surface area (Å²) in [7, 11) is 1.78. The van der Waals surface area contributed by atoms with Crippen LogP contribution in [0.25, 0.3) is 0 Å². The highest BCUT2D eigenvalue weighted by Crippen LogP contribution is 2.25. The van der Waals surface area contributed by atoms with Crippen LogP contribution in [-0.4, -0.2) is 50.0 Å². The fraction of sp³-hybridized carbons (Fsp3) is 0.643. The SMILES string of the molecule is Cc1nn(C)c(C)c1C(=O)C(=O)N1CCS[C@H](C)[C@@H]1C. The van der Waals surface area contributed by atoms with Gasteiger partial charge in [0.05, 0.1) is 11.3 Å². The molecule has 1 amide bonds. The van der Waals surface area contributed by atoms with E-state index in [2.05, 4.69) is 12.0 Å². The molecule has 0 aliphatic carbocycles. The third kappa shape index (κ3) is 2.49. The van der Waals surface area contributed by atoms with E-state index in [0.29, 0.717) is 23.1 Å². The monoisotopic (exact) mass is 295 g/mol. The Bertz CT molecular complexity index is 553. The van der Waals surface area contributed by atoms with Gasteiger partial charge in [-0.1, -0.05) is 6.92 Å². The maximum Gasteiger partial charge on any atom is 0.295 e. The molecule has 0 bridgehead atoms. The quantitative estimate of drug-likeness (QED) is 0.614. The molecule has 0 aromatic carbocycles. The summed E-state index contributed by atoms with van der Waals surface area (Å²) in [5.41, 5.74) is 1.82. The molecule has 5 nitrogen and oxygen atoms in total. The van der Waals surface area contributed by atoms with Crippen molar-refractivity contribution in [2.45, 2.75) is 39.0 Å². The first-order valence-corrected chi connectivity index (χ1v) is 7.86. The van der Waals surface area contributed by atoms with Crippen LogP contribution in [0.2, 0.25) is 0 Å². The summed E-state index contributed by atoms with van der Waals surface area (Å²) in [6, 6.07) is 0.0856. The molecule has 1 aromatic heterocycles. The molecule has 0 unspecified atom stereocenters. The summed E-state index contributed by atoms with van der Waals surface area (Å²) in [4.78, 5) is 26.7. The Morgan fingerprint density at radius 1 is 1.30 bits per heavy atom. The normalized spacial score (nSPS) is 22.9. The number of aromatic nitrogens is 2. The summed E-state index contributed by atoms with van der Waals surface area (Å²) < 4.78 is 1.65. The second-order valence-electron chi connectivity index (χ2n) is 5.31. The Balaban J connectivity index is 2.27. The van der Waals surface area contributed by atoms with Crippen LogP contribution in [0.1, 0.15) is 35.6 Å². The third-order valence-electron chi connectivity index (χ3n) is 4.08. The van der Waals surface area contributed by atoms with Crippen molar-refractivity contribution in [1.82, 2.24) is 14.7 Å². The van der Waals surface area contributed by atoms with E-state index in [1.54, 1.807) is 23.6 Å². The number of hydrogen-bond acceptors (Lipinski definition) is 4. The van der Waals surface area contributed by atoms with Crippen molar-refractivity contribution < 1.29 is 9.59 Å². The molecule has 1 aliphatic rings. The fourth-order valence-electron chi connectivity index (χ4n) is 2.56. The van der Waals surface area contributed by atoms with Crippen LogP contribution in [0.15, 0.2) is 0 Å². The standard InChI is InChI=1S/C14H21N3O2S/c1-8-12(10(3)16(5)15-8)13(18)14(19)17-6-7-20-11(4)9(17)2/h9,11H,6-7H2,1-5H3/t9-,11+/m0/s1. The molecule has 110 valence electrons. The minimum Gasteiger partial charge on any atom is -0.331 e. The van der Waals surface area contributed by atoms with E-state index in [9.17, 15) is 9.59 Å². The number of aryl methyl sites for hydroxylation is 2. The Morgan fingerprint density at radius 2 is 1.95 bits per heavy atom. The average Bonchev–Trinajstić information content (AvgIpc) is 2.65. The van der Waals surface area contributed by atoms with Crippen molar-refractivity contribution in [1.29, 1.82) is 0 Å². The number of thioether (sulfide) groups is 1. The number of rotatable bonds is 2. The molecule has 1 fully saturated rings. The first-order chi connectivity index (χ1) is 9.34. The minimum atomic E-state index is -0.431. The van der Waals surface area contributed by atoms with Crippen molar-refractivity contribution >= 4 is 23.5 Å². The second kappa shape index (κ2) is 5.60. The number of ketones is 1. The van der Waals surface area contributed by atoms with Gasteiger partial charge in [-0.2, -0.15) is 16.9 Å². The van der Waals surface area contributed by atoms with Gasteiger partial charge in [0.25, 0.3) is 11.7 Å². The van der Waals surface area contributed by atoms with Gasteiger partial charge in [0.2, 0.25) is 0 Å². The van der Waals surface area contributed by atoms with E-state index in [0.717, 1.165) is 11.4 Å². The molecule has 20 heavy (non-hydrogen) atoms. The summed E-state index contributed by atoms with van der Waals surface area (Å²) in [5.74, 6) is 0.0538. The maximum atomic E-state index is 12.5. The lowest BCUT2D eigenvalue weighted by Gasteiger charge is -2.37. The van der Waals surface area contributed by atoms with Crippen LogP contribution in [-0.2, 0) is 11.8 Å². The summed E-state index contributed by atoms with van der Waals surface area (Å²) in [5, 5.41) is 4.57. The Hall–Kier alpha value is -1.30. The van der Waals surface area contributed by atoms with Crippen molar-refractivity contribution in [3.05, 3.63) is 17.0 Å². The van der Waals surface area contributed by atoms with Crippen molar-refractivity contribution in [3.63, 3.8) is 0 Å². The highest BCUT2D eigenvalue weighted by molar-refractivity contribution is 8.00. The highest BCUT2D eigenvalue weighted by atomic mass is 32.2. The minimum absolute atomic E-state index is 0.0856. The van der Waals surface area contributed by atoms with E-state index in [-0.39, 0.29) is 6.04 Å². The van der Waals surface area contributed by atoms with Crippen LogP contribution in [0.4, 0.5) is 0 Å². The highest BCUT2D eigenvalue weighted by Gasteiger charge is 2.34. The number of amides is 1. The number of carbonyl (C=O) groups excluding carboxylic acids is 2. The van der Waals surface area contributed by atoms with Crippen LogP contribution >= 0.6 is 11.8 Å². The molecule has 0 spiro atoms. The predicted octanol–water partition coefficient (Wildman–Crippen LogP) is 1.57. The van der Waals surface area contributed by atoms with Gasteiger partial charge in [-0.3, -0.25) is 14.3 Å². The average molecular weight is 295 g/mol.